The van der Waals surface area contributed by atoms with Crippen LogP contribution in [-0.4, -0.2) is 57.9 Å². The van der Waals surface area contributed by atoms with Gasteiger partial charge in [0, 0.05) is 26.2 Å². The zero-order valence-corrected chi connectivity index (χ0v) is 10.5. The zero-order valence-electron chi connectivity index (χ0n) is 10.5. The van der Waals surface area contributed by atoms with Gasteiger partial charge in [-0.3, -0.25) is 0 Å². The Bertz CT molecular complexity index is 133. The van der Waals surface area contributed by atoms with Crippen LogP contribution in [0.4, 0.5) is 0 Å². The molecule has 0 aromatic rings. The van der Waals surface area contributed by atoms with Gasteiger partial charge in [0.15, 0.2) is 0 Å². The molecule has 0 aliphatic heterocycles. The van der Waals surface area contributed by atoms with Crippen molar-refractivity contribution in [3.05, 3.63) is 0 Å². The first-order chi connectivity index (χ1) is 7.24. The minimum absolute atomic E-state index is 0.448. The molecule has 1 atom stereocenters. The van der Waals surface area contributed by atoms with Crippen molar-refractivity contribution in [2.45, 2.75) is 25.8 Å². The summed E-state index contributed by atoms with van der Waals surface area (Å²) in [7, 11) is 3.88. The summed E-state index contributed by atoms with van der Waals surface area (Å²) in [5.74, 6) is 0. The minimum Gasteiger partial charge on any atom is -0.383 e. The highest BCUT2D eigenvalue weighted by molar-refractivity contribution is 4.67. The van der Waals surface area contributed by atoms with E-state index in [1.54, 1.807) is 7.11 Å². The number of nitrogens with one attached hydrogen (secondary N) is 1. The van der Waals surface area contributed by atoms with Crippen LogP contribution in [0.2, 0.25) is 0 Å². The SMILES string of the molecule is CCN(C)CCNC(CCCN)COC. The summed E-state index contributed by atoms with van der Waals surface area (Å²) in [6.45, 7) is 6.90. The molecule has 0 radical (unpaired) electrons. The largest absolute Gasteiger partial charge is 0.383 e. The molecule has 0 bridgehead atoms. The van der Waals surface area contributed by atoms with Crippen molar-refractivity contribution in [2.75, 3.05) is 46.9 Å². The van der Waals surface area contributed by atoms with Crippen LogP contribution in [0.5, 0.6) is 0 Å². The predicted octanol–water partition coefficient (Wildman–Crippen LogP) is 0.282. The van der Waals surface area contributed by atoms with Gasteiger partial charge in [0.2, 0.25) is 0 Å². The first kappa shape index (κ1) is 14.8. The second-order valence-corrected chi connectivity index (χ2v) is 3.93. The Morgan fingerprint density at radius 3 is 2.73 bits per heavy atom. The van der Waals surface area contributed by atoms with Crippen LogP contribution in [0.1, 0.15) is 19.8 Å². The molecular formula is C11H27N3O. The molecule has 0 rings (SSSR count). The molecule has 0 aromatic heterocycles. The molecule has 0 saturated heterocycles. The van der Waals surface area contributed by atoms with Gasteiger partial charge in [0.1, 0.15) is 0 Å². The summed E-state index contributed by atoms with van der Waals surface area (Å²) >= 11 is 0. The maximum absolute atomic E-state index is 5.49. The first-order valence-corrected chi connectivity index (χ1v) is 5.85. The fourth-order valence-electron chi connectivity index (χ4n) is 1.43. The lowest BCUT2D eigenvalue weighted by Gasteiger charge is -2.20. The summed E-state index contributed by atoms with van der Waals surface area (Å²) in [6, 6.07) is 0.448. The Balaban J connectivity index is 3.55. The summed E-state index contributed by atoms with van der Waals surface area (Å²) in [5.41, 5.74) is 5.49. The van der Waals surface area contributed by atoms with Gasteiger partial charge in [0.25, 0.3) is 0 Å². The average Bonchev–Trinajstić information content (AvgIpc) is 2.25. The van der Waals surface area contributed by atoms with Crippen LogP contribution in [0.3, 0.4) is 0 Å². The molecule has 0 amide bonds. The minimum atomic E-state index is 0.448. The van der Waals surface area contributed by atoms with Crippen molar-refractivity contribution in [1.82, 2.24) is 10.2 Å². The van der Waals surface area contributed by atoms with E-state index in [4.69, 9.17) is 10.5 Å². The second kappa shape index (κ2) is 10.4. The Labute approximate surface area is 94.2 Å². The molecule has 92 valence electrons. The third kappa shape index (κ3) is 8.81. The summed E-state index contributed by atoms with van der Waals surface area (Å²) in [5, 5.41) is 3.50. The Hall–Kier alpha value is -0.160. The molecule has 0 aliphatic rings. The lowest BCUT2D eigenvalue weighted by Crippen LogP contribution is -2.38. The molecule has 3 N–H and O–H groups in total. The molecule has 0 fully saturated rings. The second-order valence-electron chi connectivity index (χ2n) is 3.93. The van der Waals surface area contributed by atoms with Gasteiger partial charge in [-0.15, -0.1) is 0 Å². The van der Waals surface area contributed by atoms with E-state index in [2.05, 4.69) is 24.2 Å². The van der Waals surface area contributed by atoms with E-state index >= 15 is 0 Å². The Morgan fingerprint density at radius 1 is 1.47 bits per heavy atom. The quantitative estimate of drug-likeness (QED) is 0.552. The van der Waals surface area contributed by atoms with E-state index in [-0.39, 0.29) is 0 Å². The molecule has 0 heterocycles. The first-order valence-electron chi connectivity index (χ1n) is 5.85. The van der Waals surface area contributed by atoms with Gasteiger partial charge in [-0.25, -0.2) is 0 Å². The lowest BCUT2D eigenvalue weighted by molar-refractivity contribution is 0.160. The highest BCUT2D eigenvalue weighted by Gasteiger charge is 2.06. The molecule has 4 nitrogen and oxygen atoms in total. The maximum Gasteiger partial charge on any atom is 0.0615 e. The van der Waals surface area contributed by atoms with E-state index in [1.807, 2.05) is 0 Å². The topological polar surface area (TPSA) is 50.5 Å². The number of rotatable bonds is 10. The van der Waals surface area contributed by atoms with E-state index in [0.29, 0.717) is 6.04 Å². The zero-order chi connectivity index (χ0) is 11.5. The molecule has 1 unspecified atom stereocenters. The molecule has 4 heteroatoms. The van der Waals surface area contributed by atoms with Gasteiger partial charge in [0.05, 0.1) is 6.61 Å². The van der Waals surface area contributed by atoms with Crippen molar-refractivity contribution in [2.24, 2.45) is 5.73 Å². The van der Waals surface area contributed by atoms with Crippen molar-refractivity contribution >= 4 is 0 Å². The number of nitrogens with two attached hydrogens (primary N) is 1. The predicted molar refractivity (Wildman–Crippen MR) is 65.1 cm³/mol. The third-order valence-electron chi connectivity index (χ3n) is 2.59. The Kier molecular flexibility index (Phi) is 10.3. The molecule has 0 saturated carbocycles. The van der Waals surface area contributed by atoms with Crippen molar-refractivity contribution in [1.29, 1.82) is 0 Å². The van der Waals surface area contributed by atoms with Gasteiger partial charge >= 0.3 is 0 Å². The van der Waals surface area contributed by atoms with Crippen LogP contribution in [0.25, 0.3) is 0 Å². The maximum atomic E-state index is 5.49. The Morgan fingerprint density at radius 2 is 2.20 bits per heavy atom. The number of likely N-dealkylation sites (N-methyl/N-ethyl adjacent to an activating group) is 1. The van der Waals surface area contributed by atoms with Crippen molar-refractivity contribution in [3.63, 3.8) is 0 Å². The van der Waals surface area contributed by atoms with Crippen LogP contribution in [-0.2, 0) is 4.74 Å². The van der Waals surface area contributed by atoms with Crippen LogP contribution in [0, 0.1) is 0 Å². The summed E-state index contributed by atoms with van der Waals surface area (Å²) in [6.07, 6.45) is 2.16. The molecule has 0 aromatic carbocycles. The molecular weight excluding hydrogens is 190 g/mol. The average molecular weight is 217 g/mol. The standard InChI is InChI=1S/C11H27N3O/c1-4-14(2)9-8-13-11(10-15-3)6-5-7-12/h11,13H,4-10,12H2,1-3H3. The van der Waals surface area contributed by atoms with E-state index in [1.165, 1.54) is 0 Å². The number of nitrogens with zero attached hydrogens (tertiary/aromatic N) is 1. The number of hydrogen-bond donors (Lipinski definition) is 2. The van der Waals surface area contributed by atoms with Crippen LogP contribution < -0.4 is 11.1 Å². The van der Waals surface area contributed by atoms with Crippen LogP contribution in [0.15, 0.2) is 0 Å². The van der Waals surface area contributed by atoms with Gasteiger partial charge in [-0.2, -0.15) is 0 Å². The highest BCUT2D eigenvalue weighted by Crippen LogP contribution is 1.96. The van der Waals surface area contributed by atoms with E-state index in [9.17, 15) is 0 Å². The highest BCUT2D eigenvalue weighted by atomic mass is 16.5. The summed E-state index contributed by atoms with van der Waals surface area (Å²) in [4.78, 5) is 2.29. The van der Waals surface area contributed by atoms with Crippen LogP contribution >= 0.6 is 0 Å². The summed E-state index contributed by atoms with van der Waals surface area (Å²) < 4.78 is 5.17. The number of hydrogen-bond acceptors (Lipinski definition) is 4. The number of methoxy groups -OCH3 is 1. The fraction of sp³-hybridized carbons (Fsp3) is 1.00. The lowest BCUT2D eigenvalue weighted by atomic mass is 10.1. The van der Waals surface area contributed by atoms with Gasteiger partial charge in [-0.05, 0) is 33.0 Å². The van der Waals surface area contributed by atoms with E-state index < -0.39 is 0 Å². The van der Waals surface area contributed by atoms with Gasteiger partial charge in [-0.1, -0.05) is 6.92 Å². The van der Waals surface area contributed by atoms with Crippen molar-refractivity contribution in [3.8, 4) is 0 Å². The fourth-order valence-corrected chi connectivity index (χ4v) is 1.43. The van der Waals surface area contributed by atoms with E-state index in [0.717, 1.165) is 45.6 Å². The monoisotopic (exact) mass is 217 g/mol. The van der Waals surface area contributed by atoms with Crippen molar-refractivity contribution < 1.29 is 4.74 Å². The molecule has 15 heavy (non-hydrogen) atoms. The third-order valence-corrected chi connectivity index (χ3v) is 2.59. The van der Waals surface area contributed by atoms with Gasteiger partial charge < -0.3 is 20.7 Å². The molecule has 0 spiro atoms. The normalized spacial score (nSPS) is 13.4. The molecule has 0 aliphatic carbocycles. The smallest absolute Gasteiger partial charge is 0.0615 e. The number of ether oxygens (including phenoxy) is 1.